The summed E-state index contributed by atoms with van der Waals surface area (Å²) in [5, 5.41) is 2.60. The van der Waals surface area contributed by atoms with E-state index in [1.807, 2.05) is 0 Å². The fraction of sp³-hybridized carbons (Fsp3) is 0.520. The molecule has 9 heteroatoms. The third kappa shape index (κ3) is 4.10. The number of hydrogen-bond acceptors (Lipinski definition) is 7. The summed E-state index contributed by atoms with van der Waals surface area (Å²) >= 11 is 0. The molecule has 1 N–H and O–H groups in total. The number of rotatable bonds is 3. The van der Waals surface area contributed by atoms with Crippen LogP contribution in [-0.4, -0.2) is 58.2 Å². The SMILES string of the molecule is COC(=O)NC1=C2C3=CC(=O)O[C@H]2C#C/C=C\C#C[C@]3(O[Si](C)(C)C(C)(C)C)CC12OCCO2. The molecule has 34 heavy (non-hydrogen) atoms. The van der Waals surface area contributed by atoms with Gasteiger partial charge in [-0.1, -0.05) is 38.5 Å². The van der Waals surface area contributed by atoms with Crippen LogP contribution in [-0.2, 0) is 28.2 Å². The number of alkyl carbamates (subject to hydrolysis) is 1. The molecule has 0 aromatic carbocycles. The molecule has 8 nitrogen and oxygen atoms in total. The number of hydrogen-bond donors (Lipinski definition) is 1. The molecule has 4 bridgehead atoms. The second-order valence-corrected chi connectivity index (χ2v) is 14.7. The van der Waals surface area contributed by atoms with E-state index in [0.717, 1.165) is 0 Å². The van der Waals surface area contributed by atoms with Crippen molar-refractivity contribution >= 4 is 20.4 Å². The van der Waals surface area contributed by atoms with E-state index in [0.29, 0.717) is 24.4 Å². The zero-order valence-electron chi connectivity index (χ0n) is 20.3. The first-order valence-electron chi connectivity index (χ1n) is 11.1. The van der Waals surface area contributed by atoms with Crippen LogP contribution in [0.15, 0.2) is 35.1 Å². The third-order valence-electron chi connectivity index (χ3n) is 6.76. The number of nitrogens with one attached hydrogen (secondary N) is 1. The lowest BCUT2D eigenvalue weighted by Crippen LogP contribution is -2.60. The maximum Gasteiger partial charge on any atom is 0.411 e. The van der Waals surface area contributed by atoms with Gasteiger partial charge >= 0.3 is 12.1 Å². The summed E-state index contributed by atoms with van der Waals surface area (Å²) < 4.78 is 29.7. The number of carbonyl (C=O) groups is 2. The van der Waals surface area contributed by atoms with Gasteiger partial charge in [-0.3, -0.25) is 5.32 Å². The molecule has 2 atom stereocenters. The van der Waals surface area contributed by atoms with Crippen molar-refractivity contribution in [1.29, 1.82) is 0 Å². The van der Waals surface area contributed by atoms with Crippen LogP contribution in [0.2, 0.25) is 18.1 Å². The Morgan fingerprint density at radius 1 is 1.21 bits per heavy atom. The highest BCUT2D eigenvalue weighted by Crippen LogP contribution is 2.53. The van der Waals surface area contributed by atoms with Crippen molar-refractivity contribution in [3.8, 4) is 23.7 Å². The molecular weight excluding hydrogens is 454 g/mol. The number of carbonyl (C=O) groups excluding carboxylic acids is 2. The minimum Gasteiger partial charge on any atom is -0.453 e. The van der Waals surface area contributed by atoms with Crippen LogP contribution in [0.25, 0.3) is 0 Å². The van der Waals surface area contributed by atoms with Crippen LogP contribution >= 0.6 is 0 Å². The second kappa shape index (κ2) is 8.44. The zero-order chi connectivity index (χ0) is 24.8. The smallest absolute Gasteiger partial charge is 0.411 e. The molecule has 4 aliphatic rings. The lowest BCUT2D eigenvalue weighted by atomic mass is 9.72. The first kappa shape index (κ1) is 24.3. The van der Waals surface area contributed by atoms with Gasteiger partial charge in [0.1, 0.15) is 0 Å². The Kier molecular flexibility index (Phi) is 6.03. The highest BCUT2D eigenvalue weighted by atomic mass is 28.4. The summed E-state index contributed by atoms with van der Waals surface area (Å²) in [4.78, 5) is 25.1. The van der Waals surface area contributed by atoms with Gasteiger partial charge in [-0.25, -0.2) is 9.59 Å². The number of ether oxygens (including phenoxy) is 4. The van der Waals surface area contributed by atoms with E-state index < -0.39 is 37.9 Å². The van der Waals surface area contributed by atoms with E-state index in [1.54, 1.807) is 12.2 Å². The molecule has 0 aromatic rings. The van der Waals surface area contributed by atoms with Crippen molar-refractivity contribution in [2.24, 2.45) is 0 Å². The first-order chi connectivity index (χ1) is 15.9. The summed E-state index contributed by atoms with van der Waals surface area (Å²) in [5.74, 6) is 10.2. The Morgan fingerprint density at radius 2 is 1.88 bits per heavy atom. The lowest BCUT2D eigenvalue weighted by Gasteiger charge is -2.51. The van der Waals surface area contributed by atoms with Gasteiger partial charge in [-0.05, 0) is 36.2 Å². The van der Waals surface area contributed by atoms with Crippen LogP contribution < -0.4 is 5.32 Å². The number of esters is 1. The largest absolute Gasteiger partial charge is 0.453 e. The van der Waals surface area contributed by atoms with Crippen LogP contribution in [0.5, 0.6) is 0 Å². The van der Waals surface area contributed by atoms with Gasteiger partial charge in [0.2, 0.25) is 5.79 Å². The molecule has 4 rings (SSSR count). The van der Waals surface area contributed by atoms with Crippen LogP contribution in [0.3, 0.4) is 0 Å². The fourth-order valence-corrected chi connectivity index (χ4v) is 5.57. The van der Waals surface area contributed by atoms with E-state index >= 15 is 0 Å². The highest BCUT2D eigenvalue weighted by molar-refractivity contribution is 6.74. The molecule has 2 heterocycles. The predicted octanol–water partition coefficient (Wildman–Crippen LogP) is 2.93. The molecule has 0 unspecified atom stereocenters. The summed E-state index contributed by atoms with van der Waals surface area (Å²) in [6.45, 7) is 11.2. The lowest BCUT2D eigenvalue weighted by molar-refractivity contribution is -0.162. The molecule has 0 radical (unpaired) electrons. The molecule has 1 spiro atoms. The van der Waals surface area contributed by atoms with Gasteiger partial charge in [-0.15, -0.1) is 0 Å². The van der Waals surface area contributed by atoms with Gasteiger partial charge in [0, 0.05) is 17.2 Å². The zero-order valence-corrected chi connectivity index (χ0v) is 21.3. The molecule has 0 saturated carbocycles. The van der Waals surface area contributed by atoms with E-state index in [2.05, 4.69) is 62.9 Å². The summed E-state index contributed by atoms with van der Waals surface area (Å²) in [7, 11) is -1.19. The maximum atomic E-state index is 12.7. The van der Waals surface area contributed by atoms with Crippen molar-refractivity contribution in [3.05, 3.63) is 35.1 Å². The van der Waals surface area contributed by atoms with Crippen molar-refractivity contribution < 1.29 is 33.0 Å². The fourth-order valence-electron chi connectivity index (χ4n) is 4.16. The van der Waals surface area contributed by atoms with Crippen LogP contribution in [0.1, 0.15) is 27.2 Å². The molecule has 2 aliphatic carbocycles. The average molecular weight is 484 g/mol. The van der Waals surface area contributed by atoms with E-state index in [1.165, 1.54) is 13.2 Å². The van der Waals surface area contributed by atoms with Gasteiger partial charge in [0.05, 0.1) is 32.4 Å². The standard InChI is InChI=1S/C25H29NO7Si/c1-23(2,3)34(5,6)33-24-12-10-8-7-9-11-18-20(17(24)15-19(27)32-18)21(26-22(28)29-4)25(16-24)30-13-14-31-25/h7-8,15,18H,13-14,16H2,1-6H3,(H,26,28)/b8-7-/t18-,24-/m0/s1. The van der Waals surface area contributed by atoms with Crippen molar-refractivity contribution in [3.63, 3.8) is 0 Å². The number of allylic oxidation sites excluding steroid dienone is 2. The van der Waals surface area contributed by atoms with Gasteiger partial charge in [0.15, 0.2) is 20.0 Å². The van der Waals surface area contributed by atoms with Gasteiger partial charge in [0.25, 0.3) is 0 Å². The number of amides is 1. The Hall–Kier alpha value is -2.82. The van der Waals surface area contributed by atoms with Crippen molar-refractivity contribution in [2.75, 3.05) is 20.3 Å². The minimum atomic E-state index is -2.46. The van der Waals surface area contributed by atoms with Crippen molar-refractivity contribution in [1.82, 2.24) is 5.32 Å². The van der Waals surface area contributed by atoms with E-state index in [9.17, 15) is 9.59 Å². The summed E-state index contributed by atoms with van der Waals surface area (Å²) in [5.41, 5.74) is -0.0399. The molecule has 180 valence electrons. The maximum absolute atomic E-state index is 12.7. The minimum absolute atomic E-state index is 0.107. The molecule has 1 saturated heterocycles. The monoisotopic (exact) mass is 483 g/mol. The average Bonchev–Trinajstić information content (AvgIpc) is 3.20. The Morgan fingerprint density at radius 3 is 2.53 bits per heavy atom. The van der Waals surface area contributed by atoms with Crippen LogP contribution in [0, 0.1) is 23.7 Å². The Bertz CT molecular complexity index is 1130. The van der Waals surface area contributed by atoms with Gasteiger partial charge in [-0.2, -0.15) is 0 Å². The molecule has 2 aliphatic heterocycles. The number of methoxy groups -OCH3 is 1. The summed E-state index contributed by atoms with van der Waals surface area (Å²) in [6.07, 6.45) is 3.02. The molecular formula is C25H29NO7Si. The van der Waals surface area contributed by atoms with Gasteiger partial charge < -0.3 is 23.4 Å². The second-order valence-electron chi connectivity index (χ2n) is 9.99. The van der Waals surface area contributed by atoms with Crippen molar-refractivity contribution in [2.45, 2.75) is 62.8 Å². The molecule has 1 fully saturated rings. The van der Waals surface area contributed by atoms with Crippen LogP contribution in [0.4, 0.5) is 4.79 Å². The quantitative estimate of drug-likeness (QED) is 0.375. The summed E-state index contributed by atoms with van der Waals surface area (Å²) in [6, 6.07) is 0. The normalized spacial score (nSPS) is 28.0. The van der Waals surface area contributed by atoms with E-state index in [4.69, 9.17) is 23.4 Å². The third-order valence-corrected chi connectivity index (χ3v) is 11.2. The topological polar surface area (TPSA) is 92.3 Å². The Labute approximate surface area is 200 Å². The Balaban J connectivity index is 2.05. The predicted molar refractivity (Wildman–Crippen MR) is 125 cm³/mol. The van der Waals surface area contributed by atoms with E-state index in [-0.39, 0.29) is 17.2 Å². The highest BCUT2D eigenvalue weighted by Gasteiger charge is 2.61. The first-order valence-corrected chi connectivity index (χ1v) is 14.0. The molecule has 1 amide bonds. The molecule has 0 aromatic heterocycles.